The second-order valence-electron chi connectivity index (χ2n) is 5.28. The number of nitro groups is 1. The molecule has 2 rings (SSSR count). The molecule has 0 radical (unpaired) electrons. The second kappa shape index (κ2) is 8.57. The van der Waals surface area contributed by atoms with Gasteiger partial charge in [0, 0.05) is 17.7 Å². The first-order valence-electron chi connectivity index (χ1n) is 7.78. The molecule has 124 valence electrons. The number of unbranched alkanes of at least 4 members (excludes halogenated alkanes) is 1. The van der Waals surface area contributed by atoms with E-state index in [2.05, 4.69) is 17.5 Å². The molecule has 0 spiro atoms. The van der Waals surface area contributed by atoms with Crippen LogP contribution in [0.3, 0.4) is 0 Å². The van der Waals surface area contributed by atoms with Gasteiger partial charge in [0.25, 0.3) is 11.6 Å². The zero-order valence-electron chi connectivity index (χ0n) is 13.4. The molecule has 0 saturated heterocycles. The van der Waals surface area contributed by atoms with Crippen LogP contribution in [0.4, 0.5) is 5.69 Å². The fourth-order valence-electron chi connectivity index (χ4n) is 2.18. The summed E-state index contributed by atoms with van der Waals surface area (Å²) in [5, 5.41) is 15.0. The molecule has 0 heterocycles. The van der Waals surface area contributed by atoms with Crippen LogP contribution in [-0.4, -0.2) is 16.5 Å². The van der Waals surface area contributed by atoms with Gasteiger partial charge in [0.1, 0.15) is 0 Å². The molecule has 0 fully saturated rings. The van der Waals surface area contributed by atoms with E-state index in [1.165, 1.54) is 24.3 Å². The minimum Gasteiger partial charge on any atom is -0.267 e. The number of benzene rings is 2. The van der Waals surface area contributed by atoms with Crippen LogP contribution in [0.25, 0.3) is 0 Å². The summed E-state index contributed by atoms with van der Waals surface area (Å²) in [6.07, 6.45) is 2.72. The average Bonchev–Trinajstić information content (AvgIpc) is 2.62. The summed E-state index contributed by atoms with van der Waals surface area (Å²) in [6.45, 7) is 2.09. The van der Waals surface area contributed by atoms with E-state index < -0.39 is 10.8 Å². The summed E-state index contributed by atoms with van der Waals surface area (Å²) in [5.41, 5.74) is 4.32. The topological polar surface area (TPSA) is 84.6 Å². The van der Waals surface area contributed by atoms with E-state index >= 15 is 0 Å². The van der Waals surface area contributed by atoms with Crippen molar-refractivity contribution >= 4 is 17.3 Å². The summed E-state index contributed by atoms with van der Waals surface area (Å²) in [4.78, 5) is 22.4. The Morgan fingerprint density at radius 3 is 2.50 bits per heavy atom. The van der Waals surface area contributed by atoms with Crippen LogP contribution in [0, 0.1) is 10.1 Å². The Bertz CT molecular complexity index is 742. The maximum Gasteiger partial charge on any atom is 0.271 e. The Labute approximate surface area is 140 Å². The maximum atomic E-state index is 12.2. The number of hydrogen-bond acceptors (Lipinski definition) is 4. The number of nitro benzene ring substituents is 1. The van der Waals surface area contributed by atoms with Crippen LogP contribution in [-0.2, 0) is 0 Å². The third-order valence-corrected chi connectivity index (χ3v) is 3.49. The molecule has 0 unspecified atom stereocenters. The summed E-state index contributed by atoms with van der Waals surface area (Å²) >= 11 is 0. The third kappa shape index (κ3) is 4.74. The molecule has 1 N–H and O–H groups in total. The Morgan fingerprint density at radius 2 is 1.83 bits per heavy atom. The molecule has 2 aromatic carbocycles. The van der Waals surface area contributed by atoms with Crippen molar-refractivity contribution in [1.82, 2.24) is 5.43 Å². The van der Waals surface area contributed by atoms with Crippen LogP contribution >= 0.6 is 0 Å². The molecule has 0 atom stereocenters. The van der Waals surface area contributed by atoms with Crippen LogP contribution < -0.4 is 5.43 Å². The van der Waals surface area contributed by atoms with Crippen molar-refractivity contribution in [1.29, 1.82) is 0 Å². The summed E-state index contributed by atoms with van der Waals surface area (Å²) in [7, 11) is 0. The molecule has 0 bridgehead atoms. The number of hydrazone groups is 1. The SMILES string of the molecule is CCCC/C(=N\NC(=O)c1cccc([N+](=O)[O-])c1)c1ccccc1. The number of amides is 1. The minimum atomic E-state index is -0.531. The van der Waals surface area contributed by atoms with Crippen LogP contribution in [0.2, 0.25) is 0 Å². The number of nitrogens with zero attached hydrogens (tertiary/aromatic N) is 2. The predicted molar refractivity (Wildman–Crippen MR) is 93.1 cm³/mol. The van der Waals surface area contributed by atoms with Crippen LogP contribution in [0.1, 0.15) is 42.1 Å². The highest BCUT2D eigenvalue weighted by molar-refractivity contribution is 6.02. The zero-order chi connectivity index (χ0) is 17.4. The number of carbonyl (C=O) groups is 1. The van der Waals surface area contributed by atoms with E-state index in [9.17, 15) is 14.9 Å². The van der Waals surface area contributed by atoms with E-state index in [1.54, 1.807) is 0 Å². The molecule has 0 aromatic heterocycles. The van der Waals surface area contributed by atoms with Crippen molar-refractivity contribution in [2.75, 3.05) is 0 Å². The van der Waals surface area contributed by atoms with Crippen molar-refractivity contribution in [2.24, 2.45) is 5.10 Å². The van der Waals surface area contributed by atoms with Gasteiger partial charge in [-0.2, -0.15) is 5.10 Å². The molecule has 0 aliphatic heterocycles. The Balaban J connectivity index is 2.17. The smallest absolute Gasteiger partial charge is 0.267 e. The Kier molecular flexibility index (Phi) is 6.19. The van der Waals surface area contributed by atoms with E-state index in [0.29, 0.717) is 0 Å². The molecule has 1 amide bonds. The summed E-state index contributed by atoms with van der Waals surface area (Å²) in [6, 6.07) is 15.2. The molecule has 0 saturated carbocycles. The fourth-order valence-corrected chi connectivity index (χ4v) is 2.18. The fraction of sp³-hybridized carbons (Fsp3) is 0.222. The van der Waals surface area contributed by atoms with Crippen LogP contribution in [0.5, 0.6) is 0 Å². The number of non-ortho nitro benzene ring substituents is 1. The van der Waals surface area contributed by atoms with E-state index in [-0.39, 0.29) is 11.3 Å². The lowest BCUT2D eigenvalue weighted by Gasteiger charge is -2.07. The highest BCUT2D eigenvalue weighted by atomic mass is 16.6. The number of carbonyl (C=O) groups excluding carboxylic acids is 1. The molecule has 6 heteroatoms. The molecule has 2 aromatic rings. The van der Waals surface area contributed by atoms with E-state index in [0.717, 1.165) is 30.5 Å². The molecular weight excluding hydrogens is 306 g/mol. The molecular formula is C18H19N3O3. The van der Waals surface area contributed by atoms with Crippen molar-refractivity contribution in [3.63, 3.8) is 0 Å². The van der Waals surface area contributed by atoms with Crippen molar-refractivity contribution in [2.45, 2.75) is 26.2 Å². The monoisotopic (exact) mass is 325 g/mol. The minimum absolute atomic E-state index is 0.124. The van der Waals surface area contributed by atoms with Crippen molar-refractivity contribution in [3.8, 4) is 0 Å². The summed E-state index contributed by atoms with van der Waals surface area (Å²) < 4.78 is 0. The van der Waals surface area contributed by atoms with Gasteiger partial charge in [-0.25, -0.2) is 5.43 Å². The quantitative estimate of drug-likeness (QED) is 0.475. The van der Waals surface area contributed by atoms with E-state index in [1.807, 2.05) is 30.3 Å². The van der Waals surface area contributed by atoms with Gasteiger partial charge in [-0.05, 0) is 24.5 Å². The van der Waals surface area contributed by atoms with E-state index in [4.69, 9.17) is 0 Å². The van der Waals surface area contributed by atoms with Crippen LogP contribution in [0.15, 0.2) is 59.7 Å². The lowest BCUT2D eigenvalue weighted by molar-refractivity contribution is -0.384. The zero-order valence-corrected chi connectivity index (χ0v) is 13.4. The first-order chi connectivity index (χ1) is 11.6. The van der Waals surface area contributed by atoms with Gasteiger partial charge in [-0.15, -0.1) is 0 Å². The number of nitrogens with one attached hydrogen (secondary N) is 1. The van der Waals surface area contributed by atoms with Gasteiger partial charge in [0.05, 0.1) is 10.6 Å². The standard InChI is InChI=1S/C18H19N3O3/c1-2-3-12-17(14-8-5-4-6-9-14)19-20-18(22)15-10-7-11-16(13-15)21(23)24/h4-11,13H,2-3,12H2,1H3,(H,20,22)/b19-17+. The predicted octanol–water partition coefficient (Wildman–Crippen LogP) is 3.92. The third-order valence-electron chi connectivity index (χ3n) is 3.49. The van der Waals surface area contributed by atoms with Gasteiger partial charge < -0.3 is 0 Å². The first kappa shape index (κ1) is 17.3. The number of hydrogen-bond donors (Lipinski definition) is 1. The lowest BCUT2D eigenvalue weighted by atomic mass is 10.1. The largest absolute Gasteiger partial charge is 0.271 e. The Morgan fingerprint density at radius 1 is 1.12 bits per heavy atom. The molecule has 0 aliphatic rings. The number of rotatable bonds is 7. The normalized spacial score (nSPS) is 11.1. The lowest BCUT2D eigenvalue weighted by Crippen LogP contribution is -2.20. The Hall–Kier alpha value is -3.02. The highest BCUT2D eigenvalue weighted by Crippen LogP contribution is 2.13. The maximum absolute atomic E-state index is 12.2. The van der Waals surface area contributed by atoms with Gasteiger partial charge >= 0.3 is 0 Å². The summed E-state index contributed by atoms with van der Waals surface area (Å²) in [5.74, 6) is -0.469. The van der Waals surface area contributed by atoms with Crippen molar-refractivity contribution in [3.05, 3.63) is 75.8 Å². The van der Waals surface area contributed by atoms with Crippen molar-refractivity contribution < 1.29 is 9.72 Å². The van der Waals surface area contributed by atoms with Gasteiger partial charge in [0.15, 0.2) is 0 Å². The second-order valence-corrected chi connectivity index (χ2v) is 5.28. The molecule has 24 heavy (non-hydrogen) atoms. The molecule has 0 aliphatic carbocycles. The average molecular weight is 325 g/mol. The van der Waals surface area contributed by atoms with Gasteiger partial charge in [-0.1, -0.05) is 49.7 Å². The van der Waals surface area contributed by atoms with Gasteiger partial charge in [-0.3, -0.25) is 14.9 Å². The first-order valence-corrected chi connectivity index (χ1v) is 7.78. The molecule has 6 nitrogen and oxygen atoms in total. The highest BCUT2D eigenvalue weighted by Gasteiger charge is 2.11. The van der Waals surface area contributed by atoms with Gasteiger partial charge in [0.2, 0.25) is 0 Å².